The van der Waals surface area contributed by atoms with Crippen molar-refractivity contribution in [2.24, 2.45) is 0 Å². The molecular weight excluding hydrogens is 552 g/mol. The summed E-state index contributed by atoms with van der Waals surface area (Å²) in [6.07, 6.45) is 0. The van der Waals surface area contributed by atoms with Gasteiger partial charge in [0.1, 0.15) is 29.4 Å². The van der Waals surface area contributed by atoms with Crippen LogP contribution in [-0.4, -0.2) is 77.8 Å². The summed E-state index contributed by atoms with van der Waals surface area (Å²) >= 11 is 0. The lowest BCUT2D eigenvalue weighted by Crippen LogP contribution is -2.26. The molecule has 0 heterocycles. The van der Waals surface area contributed by atoms with E-state index in [-0.39, 0.29) is 0 Å². The first-order valence-electron chi connectivity index (χ1n) is 5.82. The van der Waals surface area contributed by atoms with Crippen LogP contribution >= 0.6 is 0 Å². The molecule has 1 aromatic rings. The minimum Gasteiger partial charge on any atom is -0.282 e. The first-order valence-corrected chi connectivity index (χ1v) is 14.5. The summed E-state index contributed by atoms with van der Waals surface area (Å²) in [6, 6.07) is 0. The van der Waals surface area contributed by atoms with Gasteiger partial charge in [-0.25, -0.2) is 0 Å². The first kappa shape index (κ1) is 26.7. The van der Waals surface area contributed by atoms with E-state index in [1.165, 1.54) is 0 Å². The van der Waals surface area contributed by atoms with Crippen molar-refractivity contribution in [3.8, 4) is 0 Å². The molecule has 0 aliphatic rings. The van der Waals surface area contributed by atoms with Crippen LogP contribution in [0.3, 0.4) is 0 Å². The Morgan fingerprint density at radius 1 is 0.267 bits per heavy atom. The third-order valence-corrected chi connectivity index (χ3v) is 9.11. The fourth-order valence-electron chi connectivity index (χ4n) is 2.02. The van der Waals surface area contributed by atoms with Gasteiger partial charge in [-0.3, -0.25) is 27.3 Å². The van der Waals surface area contributed by atoms with Crippen molar-refractivity contribution in [2.75, 3.05) is 0 Å². The van der Waals surface area contributed by atoms with Gasteiger partial charge in [0, 0.05) is 0 Å². The third kappa shape index (κ3) is 5.11. The minimum atomic E-state index is -6.56. The Balaban J connectivity index is 5.34. The standard InChI is InChI=1S/C6H6O18S6/c7-25(8,9)1-2(26(10,11)12)4(28(16,17)18)6(30(22,23)24)5(29(19,20)21)3(1)27(13,14)15/h(H,7,8,9)(H,10,11,12)(H,13,14,15)(H,16,17,18)(H,19,20,21)(H,22,23,24). The van der Waals surface area contributed by atoms with Gasteiger partial charge in [-0.2, -0.15) is 50.5 Å². The Morgan fingerprint density at radius 3 is 0.367 bits per heavy atom. The van der Waals surface area contributed by atoms with Crippen LogP contribution in [0.5, 0.6) is 0 Å². The molecule has 0 atom stereocenters. The van der Waals surface area contributed by atoms with Crippen molar-refractivity contribution in [1.82, 2.24) is 0 Å². The Morgan fingerprint density at radius 2 is 0.333 bits per heavy atom. The second-order valence-electron chi connectivity index (χ2n) is 4.83. The molecule has 0 bridgehead atoms. The Labute approximate surface area is 167 Å². The van der Waals surface area contributed by atoms with E-state index in [0.717, 1.165) is 0 Å². The molecule has 18 nitrogen and oxygen atoms in total. The molecule has 24 heteroatoms. The van der Waals surface area contributed by atoms with Gasteiger partial charge < -0.3 is 0 Å². The molecule has 0 aliphatic carbocycles. The highest BCUT2D eigenvalue weighted by Gasteiger charge is 2.49. The topological polar surface area (TPSA) is 326 Å². The van der Waals surface area contributed by atoms with Gasteiger partial charge in [0.05, 0.1) is 0 Å². The molecule has 30 heavy (non-hydrogen) atoms. The zero-order valence-electron chi connectivity index (χ0n) is 13.0. The molecule has 0 aliphatic heterocycles. The molecule has 0 saturated carbocycles. The molecular formula is C6H6O18S6. The van der Waals surface area contributed by atoms with Crippen molar-refractivity contribution < 1.29 is 77.8 Å². The predicted molar refractivity (Wildman–Crippen MR) is 85.3 cm³/mol. The maximum atomic E-state index is 11.5. The van der Waals surface area contributed by atoms with Crippen molar-refractivity contribution in [3.63, 3.8) is 0 Å². The Kier molecular flexibility index (Phi) is 6.32. The summed E-state index contributed by atoms with van der Waals surface area (Å²) in [7, 11) is -39.4. The SMILES string of the molecule is O=S(=O)(O)c1c(S(=O)(=O)O)c(S(=O)(=O)O)c(S(=O)(=O)O)c(S(=O)(=O)O)c1S(=O)(=O)O. The van der Waals surface area contributed by atoms with E-state index in [1.807, 2.05) is 0 Å². The molecule has 1 rings (SSSR count). The Hall–Kier alpha value is -1.32. The molecule has 1 aromatic carbocycles. The average Bonchev–Trinajstić information content (AvgIpc) is 2.37. The van der Waals surface area contributed by atoms with Crippen LogP contribution in [0, 0.1) is 0 Å². The van der Waals surface area contributed by atoms with E-state index >= 15 is 0 Å². The van der Waals surface area contributed by atoms with Gasteiger partial charge in [-0.15, -0.1) is 0 Å². The highest BCUT2D eigenvalue weighted by molar-refractivity contribution is 7.93. The molecule has 0 radical (unpaired) electrons. The van der Waals surface area contributed by atoms with Crippen LogP contribution in [-0.2, 0) is 60.7 Å². The van der Waals surface area contributed by atoms with E-state index in [4.69, 9.17) is 27.3 Å². The first-order chi connectivity index (χ1) is 12.7. The zero-order chi connectivity index (χ0) is 24.5. The highest BCUT2D eigenvalue weighted by Crippen LogP contribution is 2.43. The van der Waals surface area contributed by atoms with E-state index in [1.54, 1.807) is 0 Å². The molecule has 174 valence electrons. The van der Waals surface area contributed by atoms with E-state index in [9.17, 15) is 50.5 Å². The van der Waals surface area contributed by atoms with Gasteiger partial charge in [-0.1, -0.05) is 0 Å². The van der Waals surface area contributed by atoms with Crippen LogP contribution in [0.1, 0.15) is 0 Å². The van der Waals surface area contributed by atoms with Crippen molar-refractivity contribution in [2.45, 2.75) is 29.4 Å². The number of benzene rings is 1. The summed E-state index contributed by atoms with van der Waals surface area (Å²) in [6.45, 7) is 0. The summed E-state index contributed by atoms with van der Waals surface area (Å²) in [5, 5.41) is 0. The highest BCUT2D eigenvalue weighted by atomic mass is 32.3. The second kappa shape index (κ2) is 7.10. The average molecular weight is 558 g/mol. The monoisotopic (exact) mass is 558 g/mol. The number of rotatable bonds is 6. The van der Waals surface area contributed by atoms with E-state index in [2.05, 4.69) is 0 Å². The lowest BCUT2D eigenvalue weighted by atomic mass is 10.3. The molecule has 0 aromatic heterocycles. The van der Waals surface area contributed by atoms with Gasteiger partial charge in [0.25, 0.3) is 60.7 Å². The molecule has 0 saturated heterocycles. The maximum Gasteiger partial charge on any atom is 0.297 e. The van der Waals surface area contributed by atoms with Crippen LogP contribution in [0.2, 0.25) is 0 Å². The third-order valence-electron chi connectivity index (χ3n) is 2.79. The smallest absolute Gasteiger partial charge is 0.282 e. The number of hydrogen-bond acceptors (Lipinski definition) is 12. The summed E-state index contributed by atoms with van der Waals surface area (Å²) < 4.78 is 193. The molecule has 0 unspecified atom stereocenters. The van der Waals surface area contributed by atoms with E-state index in [0.29, 0.717) is 0 Å². The van der Waals surface area contributed by atoms with Crippen LogP contribution < -0.4 is 0 Å². The maximum absolute atomic E-state index is 11.5. The second-order valence-corrected chi connectivity index (χ2v) is 13.0. The zero-order valence-corrected chi connectivity index (χ0v) is 17.9. The normalized spacial score (nSPS) is 14.6. The fraction of sp³-hybridized carbons (Fsp3) is 0. The Bertz CT molecular complexity index is 1240. The van der Waals surface area contributed by atoms with Crippen LogP contribution in [0.15, 0.2) is 29.4 Å². The predicted octanol–water partition coefficient (Wildman–Crippen LogP) is -2.83. The van der Waals surface area contributed by atoms with Crippen LogP contribution in [0.25, 0.3) is 0 Å². The van der Waals surface area contributed by atoms with Gasteiger partial charge in [-0.05, 0) is 0 Å². The molecule has 6 N–H and O–H groups in total. The molecule has 0 amide bonds. The van der Waals surface area contributed by atoms with Crippen molar-refractivity contribution in [1.29, 1.82) is 0 Å². The van der Waals surface area contributed by atoms with Gasteiger partial charge in [0.15, 0.2) is 0 Å². The summed E-state index contributed by atoms with van der Waals surface area (Å²) in [5.74, 6) is 0. The van der Waals surface area contributed by atoms with Gasteiger partial charge in [0.2, 0.25) is 0 Å². The van der Waals surface area contributed by atoms with Crippen molar-refractivity contribution >= 4 is 60.7 Å². The fourth-order valence-corrected chi connectivity index (χ4v) is 10.2. The van der Waals surface area contributed by atoms with Crippen molar-refractivity contribution in [3.05, 3.63) is 0 Å². The largest absolute Gasteiger partial charge is 0.297 e. The number of hydrogen-bond donors (Lipinski definition) is 6. The lowest BCUT2D eigenvalue weighted by molar-refractivity contribution is 0.423. The molecule has 0 spiro atoms. The minimum absolute atomic E-state index is 3.01. The van der Waals surface area contributed by atoms with Crippen LogP contribution in [0.4, 0.5) is 0 Å². The van der Waals surface area contributed by atoms with Gasteiger partial charge >= 0.3 is 0 Å². The lowest BCUT2D eigenvalue weighted by Gasteiger charge is -2.18. The molecule has 0 fully saturated rings. The quantitative estimate of drug-likeness (QED) is 0.191. The summed E-state index contributed by atoms with van der Waals surface area (Å²) in [5.41, 5.74) is 0. The van der Waals surface area contributed by atoms with E-state index < -0.39 is 90.1 Å². The summed E-state index contributed by atoms with van der Waals surface area (Å²) in [4.78, 5) is -18.1.